The Morgan fingerprint density at radius 3 is 1.71 bits per heavy atom. The molecule has 1 unspecified atom stereocenters. The van der Waals surface area contributed by atoms with Gasteiger partial charge in [0.25, 0.3) is 0 Å². The number of quaternary nitrogens is 1. The maximum atomic E-state index is 2.26. The first-order valence-corrected chi connectivity index (χ1v) is 6.26. The molecule has 0 aliphatic carbocycles. The Morgan fingerprint density at radius 1 is 1.00 bits per heavy atom. The molecule has 0 aliphatic heterocycles. The molecule has 100 valence electrons. The summed E-state index contributed by atoms with van der Waals surface area (Å²) in [6.07, 6.45) is 1.23. The average molecular weight is 258 g/mol. The molecule has 1 aromatic rings. The van der Waals surface area contributed by atoms with E-state index in [0.29, 0.717) is 5.92 Å². The summed E-state index contributed by atoms with van der Waals surface area (Å²) in [7, 11) is 6.54. The molecule has 0 saturated carbocycles. The van der Waals surface area contributed by atoms with Gasteiger partial charge in [-0.25, -0.2) is 0 Å². The lowest BCUT2D eigenvalue weighted by molar-refractivity contribution is -0.868. The predicted molar refractivity (Wildman–Crippen MR) is 73.7 cm³/mol. The molecule has 0 aliphatic rings. The highest BCUT2D eigenvalue weighted by molar-refractivity contribution is 5.18. The van der Waals surface area contributed by atoms with Crippen molar-refractivity contribution >= 4 is 0 Å². The Labute approximate surface area is 114 Å². The van der Waals surface area contributed by atoms with E-state index in [1.807, 2.05) is 0 Å². The van der Waals surface area contributed by atoms with Crippen LogP contribution < -0.4 is 12.4 Å². The Hall–Kier alpha value is -0.530. The Morgan fingerprint density at radius 2 is 1.41 bits per heavy atom. The lowest BCUT2D eigenvalue weighted by Gasteiger charge is -2.20. The van der Waals surface area contributed by atoms with Gasteiger partial charge in [0, 0.05) is 0 Å². The van der Waals surface area contributed by atoms with Crippen LogP contribution in [0.1, 0.15) is 38.7 Å². The van der Waals surface area contributed by atoms with E-state index in [9.17, 15) is 0 Å². The number of rotatable bonds is 3. The average Bonchev–Trinajstić information content (AvgIpc) is 2.29. The molecule has 0 bridgehead atoms. The van der Waals surface area contributed by atoms with Gasteiger partial charge in [0.05, 0.1) is 27.7 Å². The van der Waals surface area contributed by atoms with Crippen LogP contribution in [-0.2, 0) is 0 Å². The zero-order valence-corrected chi connectivity index (χ0v) is 13.0. The number of halogens is 1. The summed E-state index contributed by atoms with van der Waals surface area (Å²) in [6.45, 7) is 7.87. The fraction of sp³-hybridized carbons (Fsp3) is 0.600. The molecule has 0 radical (unpaired) electrons. The number of hydrogen-bond donors (Lipinski definition) is 0. The molecule has 0 aromatic heterocycles. The van der Waals surface area contributed by atoms with E-state index in [1.54, 1.807) is 0 Å². The second kappa shape index (κ2) is 9.49. The Balaban J connectivity index is 0. The second-order valence-electron chi connectivity index (χ2n) is 5.33. The lowest BCUT2D eigenvalue weighted by Crippen LogP contribution is -3.00. The summed E-state index contributed by atoms with van der Waals surface area (Å²) in [5, 5.41) is 0. The maximum Gasteiger partial charge on any atom is 0.0751 e. The van der Waals surface area contributed by atoms with Gasteiger partial charge >= 0.3 is 0 Å². The summed E-state index contributed by atoms with van der Waals surface area (Å²) in [5.74, 6) is 0.709. The number of hydrogen-bond acceptors (Lipinski definition) is 0. The third-order valence-corrected chi connectivity index (χ3v) is 2.93. The van der Waals surface area contributed by atoms with Crippen molar-refractivity contribution in [2.24, 2.45) is 0 Å². The molecule has 1 atom stereocenters. The van der Waals surface area contributed by atoms with Gasteiger partial charge < -0.3 is 16.9 Å². The highest BCUT2D eigenvalue weighted by atomic mass is 35.5. The first-order valence-electron chi connectivity index (χ1n) is 6.26. The van der Waals surface area contributed by atoms with E-state index in [2.05, 4.69) is 72.2 Å². The number of benzene rings is 1. The summed E-state index contributed by atoms with van der Waals surface area (Å²) in [6, 6.07) is 10.6. The van der Waals surface area contributed by atoms with Gasteiger partial charge in [0.15, 0.2) is 0 Å². The molecule has 1 rings (SSSR count). The molecule has 0 heterocycles. The van der Waals surface area contributed by atoms with Gasteiger partial charge in [-0.1, -0.05) is 44.2 Å². The maximum absolute atomic E-state index is 2.26. The van der Waals surface area contributed by atoms with Crippen LogP contribution in [0, 0.1) is 0 Å². The van der Waals surface area contributed by atoms with Crippen LogP contribution in [0.5, 0.6) is 0 Å². The zero-order valence-electron chi connectivity index (χ0n) is 12.2. The molecule has 0 saturated heterocycles. The lowest BCUT2D eigenvalue weighted by atomic mass is 9.99. The van der Waals surface area contributed by atoms with Crippen molar-refractivity contribution in [3.8, 4) is 0 Å². The third kappa shape index (κ3) is 10.3. The molecule has 0 amide bonds. The van der Waals surface area contributed by atoms with Crippen LogP contribution in [-0.4, -0.2) is 32.2 Å². The normalized spacial score (nSPS) is 11.9. The van der Waals surface area contributed by atoms with E-state index in [4.69, 9.17) is 0 Å². The van der Waals surface area contributed by atoms with Crippen molar-refractivity contribution < 1.29 is 16.9 Å². The van der Waals surface area contributed by atoms with Crippen molar-refractivity contribution in [1.82, 2.24) is 0 Å². The van der Waals surface area contributed by atoms with Crippen molar-refractivity contribution in [2.75, 3.05) is 27.7 Å². The molecule has 1 nitrogen and oxygen atoms in total. The van der Waals surface area contributed by atoms with Crippen molar-refractivity contribution in [1.29, 1.82) is 0 Å². The Bertz CT molecular complexity index is 264. The molecule has 0 N–H and O–H groups in total. The van der Waals surface area contributed by atoms with Crippen LogP contribution in [0.15, 0.2) is 30.3 Å². The second-order valence-corrected chi connectivity index (χ2v) is 5.33. The van der Waals surface area contributed by atoms with Crippen LogP contribution in [0.3, 0.4) is 0 Å². The predicted octanol–water partition coefficient (Wildman–Crippen LogP) is 0.917. The summed E-state index contributed by atoms with van der Waals surface area (Å²) < 4.78 is 1.07. The van der Waals surface area contributed by atoms with E-state index >= 15 is 0 Å². The zero-order chi connectivity index (χ0) is 12.6. The fourth-order valence-electron chi connectivity index (χ4n) is 1.02. The molecule has 17 heavy (non-hydrogen) atoms. The summed E-state index contributed by atoms with van der Waals surface area (Å²) in [5.41, 5.74) is 1.45. The molecule has 1 aromatic carbocycles. The van der Waals surface area contributed by atoms with E-state index in [1.165, 1.54) is 18.5 Å². The SMILES string of the molecule is CCC(C)c1ccccc1.CC[N+](C)(C)C.[Cl-]. The highest BCUT2D eigenvalue weighted by Gasteiger charge is 1.99. The van der Waals surface area contributed by atoms with Gasteiger partial charge in [0.1, 0.15) is 0 Å². The van der Waals surface area contributed by atoms with Gasteiger partial charge in [-0.05, 0) is 24.8 Å². The van der Waals surface area contributed by atoms with Gasteiger partial charge in [0.2, 0.25) is 0 Å². The largest absolute Gasteiger partial charge is 1.00 e. The fourth-order valence-corrected chi connectivity index (χ4v) is 1.02. The van der Waals surface area contributed by atoms with Gasteiger partial charge in [-0.15, -0.1) is 0 Å². The smallest absolute Gasteiger partial charge is 0.0751 e. The minimum absolute atomic E-state index is 0. The minimum Gasteiger partial charge on any atom is -1.00 e. The van der Waals surface area contributed by atoms with Crippen LogP contribution in [0.25, 0.3) is 0 Å². The van der Waals surface area contributed by atoms with Crippen molar-refractivity contribution in [3.05, 3.63) is 35.9 Å². The van der Waals surface area contributed by atoms with Crippen molar-refractivity contribution in [2.45, 2.75) is 33.1 Å². The molecule has 0 fully saturated rings. The quantitative estimate of drug-likeness (QED) is 0.707. The monoisotopic (exact) mass is 257 g/mol. The molecular formula is C15H28ClN. The van der Waals surface area contributed by atoms with E-state index in [0.717, 1.165) is 4.48 Å². The number of nitrogens with zero attached hydrogens (tertiary/aromatic N) is 1. The van der Waals surface area contributed by atoms with Crippen LogP contribution >= 0.6 is 0 Å². The van der Waals surface area contributed by atoms with E-state index in [-0.39, 0.29) is 12.4 Å². The summed E-state index contributed by atoms with van der Waals surface area (Å²) >= 11 is 0. The summed E-state index contributed by atoms with van der Waals surface area (Å²) in [4.78, 5) is 0. The third-order valence-electron chi connectivity index (χ3n) is 2.93. The molecular weight excluding hydrogens is 230 g/mol. The topological polar surface area (TPSA) is 0 Å². The van der Waals surface area contributed by atoms with E-state index < -0.39 is 0 Å². The van der Waals surface area contributed by atoms with Crippen LogP contribution in [0.4, 0.5) is 0 Å². The van der Waals surface area contributed by atoms with Crippen molar-refractivity contribution in [3.63, 3.8) is 0 Å². The minimum atomic E-state index is 0. The standard InChI is InChI=1S/C10H14.C5H14N.ClH/c1-3-9(2)10-7-5-4-6-8-10;1-5-6(2,3)4;/h4-9H,3H2,1-2H3;5H2,1-4H3;1H/q;+1;/p-1. The molecule has 0 spiro atoms. The molecule has 2 heteroatoms. The first-order chi connectivity index (χ1) is 7.40. The first kappa shape index (κ1) is 18.8. The Kier molecular flexibility index (Phi) is 10.5. The van der Waals surface area contributed by atoms with Crippen LogP contribution in [0.2, 0.25) is 0 Å². The van der Waals surface area contributed by atoms with Gasteiger partial charge in [-0.3, -0.25) is 0 Å². The van der Waals surface area contributed by atoms with Gasteiger partial charge in [-0.2, -0.15) is 0 Å². The highest BCUT2D eigenvalue weighted by Crippen LogP contribution is 2.16.